The number of hydrogen-bond donors (Lipinski definition) is 0. The van der Waals surface area contributed by atoms with Gasteiger partial charge in [0.2, 0.25) is 11.8 Å². The Balaban J connectivity index is 1.34. The van der Waals surface area contributed by atoms with E-state index in [0.29, 0.717) is 37.8 Å². The topological polar surface area (TPSA) is 59.1 Å². The molecular weight excluding hydrogens is 320 g/mol. The third-order valence-corrected chi connectivity index (χ3v) is 5.83. The Morgan fingerprint density at radius 1 is 1.12 bits per heavy atom. The summed E-state index contributed by atoms with van der Waals surface area (Å²) < 4.78 is 11.2. The molecule has 0 aromatic heterocycles. The van der Waals surface area contributed by atoms with Gasteiger partial charge in [-0.15, -0.1) is 0 Å². The lowest BCUT2D eigenvalue weighted by molar-refractivity contribution is -0.132. The number of ether oxygens (including phenoxy) is 2. The van der Waals surface area contributed by atoms with E-state index >= 15 is 0 Å². The van der Waals surface area contributed by atoms with Crippen molar-refractivity contribution in [1.82, 2.24) is 4.90 Å². The first-order valence-electron chi connectivity index (χ1n) is 9.12. The van der Waals surface area contributed by atoms with Gasteiger partial charge in [-0.3, -0.25) is 9.59 Å². The van der Waals surface area contributed by atoms with Crippen molar-refractivity contribution in [2.75, 3.05) is 37.7 Å². The van der Waals surface area contributed by atoms with Gasteiger partial charge in [0.1, 0.15) is 13.2 Å². The summed E-state index contributed by atoms with van der Waals surface area (Å²) in [6.45, 7) is 3.28. The van der Waals surface area contributed by atoms with E-state index in [4.69, 9.17) is 9.47 Å². The molecule has 5 rings (SSSR count). The SMILES string of the molecule is O=C(C1CC1)N1CCC2(CC(=O)N(c3ccc4c(c3)OCCO4)C2)C1. The van der Waals surface area contributed by atoms with Crippen LogP contribution >= 0.6 is 0 Å². The summed E-state index contributed by atoms with van der Waals surface area (Å²) in [4.78, 5) is 28.9. The molecule has 1 aromatic rings. The lowest BCUT2D eigenvalue weighted by Gasteiger charge is -2.25. The number of carbonyl (C=O) groups excluding carboxylic acids is 2. The lowest BCUT2D eigenvalue weighted by Crippen LogP contribution is -2.34. The molecule has 4 aliphatic rings. The van der Waals surface area contributed by atoms with Gasteiger partial charge in [0.05, 0.1) is 0 Å². The van der Waals surface area contributed by atoms with Gasteiger partial charge < -0.3 is 19.3 Å². The fourth-order valence-corrected chi connectivity index (χ4v) is 4.32. The predicted octanol–water partition coefficient (Wildman–Crippen LogP) is 1.82. The van der Waals surface area contributed by atoms with Crippen molar-refractivity contribution in [2.45, 2.75) is 25.7 Å². The van der Waals surface area contributed by atoms with Gasteiger partial charge >= 0.3 is 0 Å². The number of benzene rings is 1. The van der Waals surface area contributed by atoms with Crippen molar-refractivity contribution in [3.63, 3.8) is 0 Å². The molecule has 3 aliphatic heterocycles. The average Bonchev–Trinajstić information content (AvgIpc) is 3.33. The Hall–Kier alpha value is -2.24. The molecule has 25 heavy (non-hydrogen) atoms. The van der Waals surface area contributed by atoms with Crippen LogP contribution in [-0.2, 0) is 9.59 Å². The summed E-state index contributed by atoms with van der Waals surface area (Å²) in [7, 11) is 0. The lowest BCUT2D eigenvalue weighted by atomic mass is 9.86. The molecule has 1 atom stereocenters. The van der Waals surface area contributed by atoms with E-state index in [2.05, 4.69) is 0 Å². The van der Waals surface area contributed by atoms with Crippen LogP contribution in [0.15, 0.2) is 18.2 Å². The van der Waals surface area contributed by atoms with Gasteiger partial charge in [-0.1, -0.05) is 0 Å². The van der Waals surface area contributed by atoms with Gasteiger partial charge in [-0.2, -0.15) is 0 Å². The van der Waals surface area contributed by atoms with Crippen LogP contribution in [0.5, 0.6) is 11.5 Å². The number of carbonyl (C=O) groups is 2. The molecule has 2 saturated heterocycles. The van der Waals surface area contributed by atoms with E-state index < -0.39 is 0 Å². The maximum atomic E-state index is 12.7. The highest BCUT2D eigenvalue weighted by Gasteiger charge is 2.50. The van der Waals surface area contributed by atoms with Crippen LogP contribution in [0.3, 0.4) is 0 Å². The molecule has 3 heterocycles. The van der Waals surface area contributed by atoms with Crippen molar-refractivity contribution < 1.29 is 19.1 Å². The van der Waals surface area contributed by atoms with E-state index in [0.717, 1.165) is 43.8 Å². The molecule has 6 heteroatoms. The molecule has 0 bridgehead atoms. The second-order valence-electron chi connectivity index (χ2n) is 7.77. The zero-order valence-corrected chi connectivity index (χ0v) is 14.2. The second kappa shape index (κ2) is 5.38. The zero-order chi connectivity index (χ0) is 17.0. The Morgan fingerprint density at radius 3 is 2.72 bits per heavy atom. The summed E-state index contributed by atoms with van der Waals surface area (Å²) in [6.07, 6.45) is 3.50. The number of amides is 2. The van der Waals surface area contributed by atoms with Crippen LogP contribution in [0.1, 0.15) is 25.7 Å². The van der Waals surface area contributed by atoms with Crippen molar-refractivity contribution in [1.29, 1.82) is 0 Å². The Bertz CT molecular complexity index is 745. The van der Waals surface area contributed by atoms with Crippen molar-refractivity contribution in [3.05, 3.63) is 18.2 Å². The number of rotatable bonds is 2. The molecule has 1 aromatic carbocycles. The van der Waals surface area contributed by atoms with Crippen LogP contribution in [0.25, 0.3) is 0 Å². The minimum atomic E-state index is -0.0884. The number of likely N-dealkylation sites (tertiary alicyclic amines) is 1. The Morgan fingerprint density at radius 2 is 1.92 bits per heavy atom. The summed E-state index contributed by atoms with van der Waals surface area (Å²) in [5.74, 6) is 2.12. The first-order valence-corrected chi connectivity index (χ1v) is 9.12. The number of hydrogen-bond acceptors (Lipinski definition) is 4. The quantitative estimate of drug-likeness (QED) is 0.823. The molecule has 2 amide bonds. The first-order chi connectivity index (χ1) is 12.1. The van der Waals surface area contributed by atoms with E-state index in [1.165, 1.54) is 0 Å². The molecule has 0 radical (unpaired) electrons. The highest BCUT2D eigenvalue weighted by atomic mass is 16.6. The maximum absolute atomic E-state index is 12.7. The summed E-state index contributed by atoms with van der Waals surface area (Å²) in [5, 5.41) is 0. The Labute approximate surface area is 146 Å². The van der Waals surface area contributed by atoms with Gasteiger partial charge in [0.15, 0.2) is 11.5 Å². The maximum Gasteiger partial charge on any atom is 0.227 e. The van der Waals surface area contributed by atoms with Gasteiger partial charge in [-0.05, 0) is 31.4 Å². The van der Waals surface area contributed by atoms with Crippen molar-refractivity contribution in [3.8, 4) is 11.5 Å². The third kappa shape index (κ3) is 2.55. The zero-order valence-electron chi connectivity index (χ0n) is 14.2. The monoisotopic (exact) mass is 342 g/mol. The standard InChI is InChI=1S/C19H22N2O4/c22-17-10-19(5-6-20(11-19)18(23)13-1-2-13)12-21(17)14-3-4-15-16(9-14)25-8-7-24-15/h3-4,9,13H,1-2,5-8,10-12H2. The number of nitrogens with zero attached hydrogens (tertiary/aromatic N) is 2. The van der Waals surface area contributed by atoms with Crippen LogP contribution in [0, 0.1) is 11.3 Å². The van der Waals surface area contributed by atoms with E-state index in [-0.39, 0.29) is 17.2 Å². The van der Waals surface area contributed by atoms with Crippen LogP contribution in [0.4, 0.5) is 5.69 Å². The van der Waals surface area contributed by atoms with Crippen LogP contribution in [-0.4, -0.2) is 49.6 Å². The van der Waals surface area contributed by atoms with Crippen molar-refractivity contribution in [2.24, 2.45) is 11.3 Å². The molecule has 132 valence electrons. The third-order valence-electron chi connectivity index (χ3n) is 5.83. The fourth-order valence-electron chi connectivity index (χ4n) is 4.32. The van der Waals surface area contributed by atoms with Gasteiger partial charge in [0.25, 0.3) is 0 Å². The summed E-state index contributed by atoms with van der Waals surface area (Å²) >= 11 is 0. The summed E-state index contributed by atoms with van der Waals surface area (Å²) in [6, 6.07) is 5.69. The second-order valence-corrected chi connectivity index (χ2v) is 7.77. The molecule has 6 nitrogen and oxygen atoms in total. The predicted molar refractivity (Wildman–Crippen MR) is 90.8 cm³/mol. The normalized spacial score (nSPS) is 28.1. The minimum absolute atomic E-state index is 0.0884. The number of fused-ring (bicyclic) bond motifs is 1. The molecule has 1 aliphatic carbocycles. The minimum Gasteiger partial charge on any atom is -0.486 e. The van der Waals surface area contributed by atoms with E-state index in [1.54, 1.807) is 0 Å². The molecule has 1 saturated carbocycles. The Kier molecular flexibility index (Phi) is 3.24. The smallest absolute Gasteiger partial charge is 0.227 e. The van der Waals surface area contributed by atoms with Crippen LogP contribution < -0.4 is 14.4 Å². The molecular formula is C19H22N2O4. The van der Waals surface area contributed by atoms with E-state index in [1.807, 2.05) is 28.0 Å². The molecule has 1 spiro atoms. The molecule has 1 unspecified atom stereocenters. The fraction of sp³-hybridized carbons (Fsp3) is 0.579. The highest BCUT2D eigenvalue weighted by molar-refractivity contribution is 5.97. The van der Waals surface area contributed by atoms with E-state index in [9.17, 15) is 9.59 Å². The molecule has 3 fully saturated rings. The van der Waals surface area contributed by atoms with Crippen LogP contribution in [0.2, 0.25) is 0 Å². The summed E-state index contributed by atoms with van der Waals surface area (Å²) in [5.41, 5.74) is 0.771. The molecule has 0 N–H and O–H groups in total. The largest absolute Gasteiger partial charge is 0.486 e. The number of anilines is 1. The average molecular weight is 342 g/mol. The van der Waals surface area contributed by atoms with Crippen molar-refractivity contribution >= 4 is 17.5 Å². The first kappa shape index (κ1) is 15.0. The van der Waals surface area contributed by atoms with Gasteiger partial charge in [0, 0.05) is 49.1 Å². The van der Waals surface area contributed by atoms with Gasteiger partial charge in [-0.25, -0.2) is 0 Å². The highest BCUT2D eigenvalue weighted by Crippen LogP contribution is 2.44.